The van der Waals surface area contributed by atoms with Gasteiger partial charge in [-0.25, -0.2) is 0 Å². The lowest BCUT2D eigenvalue weighted by Gasteiger charge is -1.81. The molecule has 0 bridgehead atoms. The second-order valence-corrected chi connectivity index (χ2v) is 4.63. The molecule has 1 rings (SSSR count). The fourth-order valence-corrected chi connectivity index (χ4v) is 2.40. The van der Waals surface area contributed by atoms with E-state index in [-0.39, 0.29) is 0 Å². The Balaban J connectivity index is 2.59. The molecule has 0 saturated carbocycles. The van der Waals surface area contributed by atoms with Gasteiger partial charge in [-0.1, -0.05) is 22.7 Å². The topological polar surface area (TPSA) is 0 Å². The summed E-state index contributed by atoms with van der Waals surface area (Å²) >= 11 is 0. The van der Waals surface area contributed by atoms with Gasteiger partial charge in [0.1, 0.15) is 0 Å². The van der Waals surface area contributed by atoms with Crippen LogP contribution in [0.1, 0.15) is 0 Å². The van der Waals surface area contributed by atoms with Crippen molar-refractivity contribution in [1.82, 2.24) is 0 Å². The molecule has 0 aromatic carbocycles. The Morgan fingerprint density at radius 3 is 2.83 bits per heavy atom. The highest BCUT2D eigenvalue weighted by Crippen LogP contribution is 2.34. The fraction of sp³-hybridized carbons (Fsp3) is 0.250. The van der Waals surface area contributed by atoms with Crippen LogP contribution in [0.4, 0.5) is 0 Å². The molecule has 0 aromatic rings. The monoisotopic (exact) mass is 118 g/mol. The Bertz CT molecular complexity index is 93.7. The lowest BCUT2D eigenvalue weighted by atomic mass is 10.8. The van der Waals surface area contributed by atoms with E-state index in [9.17, 15) is 0 Å². The second kappa shape index (κ2) is 1.85. The SMILES string of the molecule is C=S1C=CCS1. The summed E-state index contributed by atoms with van der Waals surface area (Å²) in [6, 6.07) is 0. The van der Waals surface area contributed by atoms with Gasteiger partial charge in [0.15, 0.2) is 0 Å². The van der Waals surface area contributed by atoms with Crippen molar-refractivity contribution >= 4 is 26.2 Å². The molecule has 2 heteroatoms. The summed E-state index contributed by atoms with van der Waals surface area (Å²) < 4.78 is 0. The van der Waals surface area contributed by atoms with Crippen molar-refractivity contribution in [2.45, 2.75) is 0 Å². The van der Waals surface area contributed by atoms with E-state index in [1.54, 1.807) is 0 Å². The molecule has 0 spiro atoms. The molecular formula is C4H6S2. The minimum Gasteiger partial charge on any atom is -0.111 e. The van der Waals surface area contributed by atoms with Crippen LogP contribution in [0.2, 0.25) is 0 Å². The first-order valence-corrected chi connectivity index (χ1v) is 4.68. The highest BCUT2D eigenvalue weighted by molar-refractivity contribution is 8.84. The van der Waals surface area contributed by atoms with Crippen molar-refractivity contribution in [3.8, 4) is 0 Å². The average Bonchev–Trinajstić information content (AvgIpc) is 1.86. The molecule has 0 aromatic heterocycles. The zero-order valence-electron chi connectivity index (χ0n) is 3.39. The summed E-state index contributed by atoms with van der Waals surface area (Å²) in [6.07, 6.45) is 2.17. The average molecular weight is 118 g/mol. The number of hydrogen-bond donors (Lipinski definition) is 0. The van der Waals surface area contributed by atoms with Crippen LogP contribution in [0.3, 0.4) is 0 Å². The molecule has 0 amide bonds. The first-order valence-electron chi connectivity index (χ1n) is 1.72. The zero-order chi connectivity index (χ0) is 4.41. The maximum Gasteiger partial charge on any atom is 0.0224 e. The minimum absolute atomic E-state index is 0.313. The predicted molar refractivity (Wildman–Crippen MR) is 36.3 cm³/mol. The van der Waals surface area contributed by atoms with E-state index in [1.807, 2.05) is 10.8 Å². The third kappa shape index (κ3) is 0.884. The fourth-order valence-electron chi connectivity index (χ4n) is 0.313. The Hall–Kier alpha value is 0.310. The van der Waals surface area contributed by atoms with E-state index < -0.39 is 0 Å². The van der Waals surface area contributed by atoms with Gasteiger partial charge in [-0.2, -0.15) is 0 Å². The van der Waals surface area contributed by atoms with Gasteiger partial charge in [0.05, 0.1) is 0 Å². The smallest absolute Gasteiger partial charge is 0.0224 e. The summed E-state index contributed by atoms with van der Waals surface area (Å²) in [5.41, 5.74) is 0. The Kier molecular flexibility index (Phi) is 1.37. The molecule has 1 aliphatic heterocycles. The van der Waals surface area contributed by atoms with Crippen LogP contribution < -0.4 is 0 Å². The molecular weight excluding hydrogens is 112 g/mol. The van der Waals surface area contributed by atoms with E-state index >= 15 is 0 Å². The Morgan fingerprint density at radius 2 is 2.67 bits per heavy atom. The molecule has 1 aliphatic rings. The summed E-state index contributed by atoms with van der Waals surface area (Å²) in [7, 11) is 2.22. The zero-order valence-corrected chi connectivity index (χ0v) is 5.02. The Morgan fingerprint density at radius 1 is 1.83 bits per heavy atom. The maximum atomic E-state index is 3.84. The number of hydrogen-bond acceptors (Lipinski definition) is 1. The van der Waals surface area contributed by atoms with Crippen molar-refractivity contribution in [3.63, 3.8) is 0 Å². The van der Waals surface area contributed by atoms with Crippen molar-refractivity contribution in [1.29, 1.82) is 0 Å². The first kappa shape index (κ1) is 4.47. The second-order valence-electron chi connectivity index (χ2n) is 1.04. The van der Waals surface area contributed by atoms with E-state index in [0.717, 1.165) is 0 Å². The van der Waals surface area contributed by atoms with E-state index in [0.29, 0.717) is 9.52 Å². The Labute approximate surface area is 44.0 Å². The van der Waals surface area contributed by atoms with Gasteiger partial charge >= 0.3 is 0 Å². The minimum atomic E-state index is 0.313. The first-order chi connectivity index (χ1) is 2.89. The van der Waals surface area contributed by atoms with Gasteiger partial charge in [0.25, 0.3) is 0 Å². The van der Waals surface area contributed by atoms with Gasteiger partial charge in [-0.15, -0.1) is 9.52 Å². The molecule has 0 nitrogen and oxygen atoms in total. The molecule has 0 fully saturated rings. The molecule has 0 radical (unpaired) electrons. The molecule has 0 saturated heterocycles. The van der Waals surface area contributed by atoms with Gasteiger partial charge in [-0.3, -0.25) is 0 Å². The standard InChI is InChI=1S/C4H6S2/c1-6-4-2-3-5-6/h2,4H,1,3H2. The van der Waals surface area contributed by atoms with Crippen LogP contribution in [0.15, 0.2) is 11.5 Å². The predicted octanol–water partition coefficient (Wildman–Crippen LogP) is 1.86. The van der Waals surface area contributed by atoms with E-state index in [2.05, 4.69) is 17.4 Å². The van der Waals surface area contributed by atoms with Gasteiger partial charge in [0.2, 0.25) is 0 Å². The van der Waals surface area contributed by atoms with Crippen LogP contribution in [0.25, 0.3) is 0 Å². The summed E-state index contributed by atoms with van der Waals surface area (Å²) in [6.45, 7) is 0. The third-order valence-electron chi connectivity index (χ3n) is 0.564. The molecule has 1 unspecified atom stereocenters. The highest BCUT2D eigenvalue weighted by atomic mass is 33.1. The lowest BCUT2D eigenvalue weighted by Crippen LogP contribution is -1.47. The maximum absolute atomic E-state index is 3.84. The third-order valence-corrected chi connectivity index (χ3v) is 3.34. The molecule has 1 heterocycles. The van der Waals surface area contributed by atoms with Crippen LogP contribution in [-0.2, 0) is 0 Å². The highest BCUT2D eigenvalue weighted by Gasteiger charge is 1.90. The summed E-state index contributed by atoms with van der Waals surface area (Å²) in [4.78, 5) is 0. The summed E-state index contributed by atoms with van der Waals surface area (Å²) in [5, 5.41) is 2.16. The van der Waals surface area contributed by atoms with Gasteiger partial charge < -0.3 is 0 Å². The molecule has 6 heavy (non-hydrogen) atoms. The quantitative estimate of drug-likeness (QED) is 0.345. The van der Waals surface area contributed by atoms with Crippen molar-refractivity contribution in [2.75, 3.05) is 5.75 Å². The van der Waals surface area contributed by atoms with Crippen LogP contribution >= 0.6 is 20.3 Å². The number of rotatable bonds is 0. The molecule has 0 N–H and O–H groups in total. The van der Waals surface area contributed by atoms with Crippen LogP contribution in [0, 0.1) is 0 Å². The normalized spacial score (nSPS) is 31.7. The molecule has 0 aliphatic carbocycles. The van der Waals surface area contributed by atoms with Crippen molar-refractivity contribution in [2.24, 2.45) is 0 Å². The summed E-state index contributed by atoms with van der Waals surface area (Å²) in [5.74, 6) is 5.01. The van der Waals surface area contributed by atoms with Crippen LogP contribution in [0.5, 0.6) is 0 Å². The van der Waals surface area contributed by atoms with Gasteiger partial charge in [-0.05, 0) is 5.41 Å². The molecule has 1 atom stereocenters. The van der Waals surface area contributed by atoms with Crippen LogP contribution in [-0.4, -0.2) is 11.6 Å². The van der Waals surface area contributed by atoms with E-state index in [1.165, 1.54) is 5.75 Å². The molecule has 34 valence electrons. The lowest BCUT2D eigenvalue weighted by molar-refractivity contribution is 1.84. The van der Waals surface area contributed by atoms with Crippen molar-refractivity contribution in [3.05, 3.63) is 11.5 Å². The van der Waals surface area contributed by atoms with Gasteiger partial charge in [0, 0.05) is 5.75 Å². The van der Waals surface area contributed by atoms with E-state index in [4.69, 9.17) is 0 Å². The largest absolute Gasteiger partial charge is 0.111 e. The van der Waals surface area contributed by atoms with Crippen molar-refractivity contribution < 1.29 is 0 Å².